The summed E-state index contributed by atoms with van der Waals surface area (Å²) in [7, 11) is 0. The molecule has 0 rings (SSSR count). The van der Waals surface area contributed by atoms with E-state index in [4.69, 9.17) is 10.5 Å². The van der Waals surface area contributed by atoms with Gasteiger partial charge in [-0.1, -0.05) is 0 Å². The molecule has 0 aliphatic rings. The van der Waals surface area contributed by atoms with E-state index in [-0.39, 0.29) is 39.8 Å². The Morgan fingerprint density at radius 2 is 1.00 bits per heavy atom. The second-order valence-corrected chi connectivity index (χ2v) is 0. The van der Waals surface area contributed by atoms with E-state index in [1.165, 1.54) is 0 Å². The van der Waals surface area contributed by atoms with Crippen LogP contribution in [0.25, 0.3) is 0 Å². The fraction of sp³-hybridized carbons (Fsp3) is 0. The summed E-state index contributed by atoms with van der Waals surface area (Å²) in [6.07, 6.45) is 0. The van der Waals surface area contributed by atoms with Crippen LogP contribution >= 0.6 is 0 Å². The maximum absolute atomic E-state index is 6.00. The Hall–Kier alpha value is 1.19. The van der Waals surface area contributed by atoms with Crippen molar-refractivity contribution in [3.8, 4) is 0 Å². The van der Waals surface area contributed by atoms with Crippen molar-refractivity contribution in [1.82, 2.24) is 0 Å². The minimum absolute atomic E-state index is 0. The molecule has 0 aromatic rings. The Labute approximate surface area is 50.5 Å². The number of hydrogen-bond donors (Lipinski definition) is 2. The van der Waals surface area contributed by atoms with Crippen molar-refractivity contribution in [3.05, 3.63) is 0 Å². The van der Waals surface area contributed by atoms with Crippen LogP contribution in [0.5, 0.6) is 0 Å². The van der Waals surface area contributed by atoms with Gasteiger partial charge in [-0.2, -0.15) is 0 Å². The Morgan fingerprint density at radius 3 is 1.00 bits per heavy atom. The molecule has 0 spiro atoms. The van der Waals surface area contributed by atoms with Gasteiger partial charge < -0.3 is 0 Å². The van der Waals surface area contributed by atoms with Gasteiger partial charge in [0.15, 0.2) is 0 Å². The summed E-state index contributed by atoms with van der Waals surface area (Å²) in [6, 6.07) is 0. The normalized spacial score (nSPS) is 1.50. The molecule has 27 valence electrons. The zero-order chi connectivity index (χ0) is 2.00. The molecular formula is H4CoMgO2. The van der Waals surface area contributed by atoms with Crippen LogP contribution in [0.4, 0.5) is 0 Å². The predicted octanol–water partition coefficient (Wildman–Crippen LogP) is -0.901. The van der Waals surface area contributed by atoms with E-state index in [9.17, 15) is 0 Å². The third-order valence-corrected chi connectivity index (χ3v) is 0. The van der Waals surface area contributed by atoms with E-state index >= 15 is 0 Å². The van der Waals surface area contributed by atoms with Gasteiger partial charge in [0.25, 0.3) is 0 Å². The largest absolute Gasteiger partial charge is 0.316 e. The summed E-state index contributed by atoms with van der Waals surface area (Å²) < 4.78 is 0. The zero-order valence-corrected chi connectivity index (χ0v) is 2.27. The predicted molar refractivity (Wildman–Crippen MR) is 13.8 cm³/mol. The van der Waals surface area contributed by atoms with Gasteiger partial charge in [0, 0.05) is 16.8 Å². The third kappa shape index (κ3) is 10.8. The molecule has 0 fully saturated rings. The second-order valence-electron chi connectivity index (χ2n) is 0. The van der Waals surface area contributed by atoms with Crippen LogP contribution < -0.4 is 0 Å². The molecule has 0 aliphatic carbocycles. The monoisotopic (exact) mass is 119 g/mol. The SMILES string of the molecule is OO.[Co].[MgH2]. The van der Waals surface area contributed by atoms with E-state index in [0.717, 1.165) is 0 Å². The summed E-state index contributed by atoms with van der Waals surface area (Å²) in [5.74, 6) is 0. The van der Waals surface area contributed by atoms with Crippen LogP contribution in [0.3, 0.4) is 0 Å². The molecule has 4 heavy (non-hydrogen) atoms. The molecule has 0 amide bonds. The molecule has 0 saturated carbocycles. The van der Waals surface area contributed by atoms with E-state index < -0.39 is 0 Å². The second kappa shape index (κ2) is 30.0. The Balaban J connectivity index is -0.00000000500. The molecule has 2 N–H and O–H groups in total. The third-order valence-electron chi connectivity index (χ3n) is 0. The van der Waals surface area contributed by atoms with Crippen molar-refractivity contribution in [2.45, 2.75) is 0 Å². The zero-order valence-electron chi connectivity index (χ0n) is 1.23. The van der Waals surface area contributed by atoms with Gasteiger partial charge in [-0.25, -0.2) is 0 Å². The van der Waals surface area contributed by atoms with Crippen LogP contribution in [-0.2, 0) is 16.8 Å². The molecule has 0 aromatic heterocycles. The van der Waals surface area contributed by atoms with E-state index in [2.05, 4.69) is 0 Å². The summed E-state index contributed by atoms with van der Waals surface area (Å²) in [6.45, 7) is 0. The summed E-state index contributed by atoms with van der Waals surface area (Å²) in [4.78, 5) is 0. The molecule has 0 heterocycles. The quantitative estimate of drug-likeness (QED) is 0.246. The fourth-order valence-electron chi connectivity index (χ4n) is 0. The first-order valence-electron chi connectivity index (χ1n) is 0.200. The smallest absolute Gasteiger partial charge is 0.255 e. The van der Waals surface area contributed by atoms with Gasteiger partial charge in [0.1, 0.15) is 0 Å². The Kier molecular flexibility index (Phi) is 143. The summed E-state index contributed by atoms with van der Waals surface area (Å²) in [5.41, 5.74) is 0. The number of rotatable bonds is 0. The van der Waals surface area contributed by atoms with Crippen LogP contribution in [0.2, 0.25) is 0 Å². The molecule has 0 bridgehead atoms. The first-order chi connectivity index (χ1) is 1.00. The van der Waals surface area contributed by atoms with Crippen molar-refractivity contribution in [2.75, 3.05) is 0 Å². The molecular weight excluding hydrogens is 115 g/mol. The van der Waals surface area contributed by atoms with E-state index in [1.54, 1.807) is 0 Å². The van der Waals surface area contributed by atoms with E-state index in [0.29, 0.717) is 0 Å². The van der Waals surface area contributed by atoms with E-state index in [1.807, 2.05) is 0 Å². The molecule has 0 aromatic carbocycles. The van der Waals surface area contributed by atoms with Gasteiger partial charge in [-0.15, -0.1) is 0 Å². The van der Waals surface area contributed by atoms with Gasteiger partial charge in [0.2, 0.25) is 0 Å². The average molecular weight is 119 g/mol. The standard InChI is InChI=1S/Co.Mg.H2O2.2H/c;;1-2;;/h;;1-2H;;. The van der Waals surface area contributed by atoms with Gasteiger partial charge in [-0.3, -0.25) is 10.5 Å². The first-order valence-corrected chi connectivity index (χ1v) is 0.200. The van der Waals surface area contributed by atoms with Crippen molar-refractivity contribution < 1.29 is 27.3 Å². The number of hydrogen-bond acceptors (Lipinski definition) is 2. The fourth-order valence-corrected chi connectivity index (χ4v) is 0. The molecule has 0 atom stereocenters. The Bertz CT molecular complexity index is 6.00. The van der Waals surface area contributed by atoms with Crippen LogP contribution in [0, 0.1) is 0 Å². The maximum Gasteiger partial charge on any atom is 0.316 e. The van der Waals surface area contributed by atoms with Crippen molar-refractivity contribution in [3.63, 3.8) is 0 Å². The van der Waals surface area contributed by atoms with Crippen LogP contribution in [0.1, 0.15) is 0 Å². The summed E-state index contributed by atoms with van der Waals surface area (Å²) in [5, 5.41) is 12.0. The molecule has 2 nitrogen and oxygen atoms in total. The molecule has 0 unspecified atom stereocenters. The molecule has 1 radical (unpaired) electrons. The minimum Gasteiger partial charge on any atom is -0.255 e. The topological polar surface area (TPSA) is 40.5 Å². The Morgan fingerprint density at radius 1 is 1.00 bits per heavy atom. The van der Waals surface area contributed by atoms with Crippen LogP contribution in [-0.4, -0.2) is 33.6 Å². The molecule has 4 heteroatoms. The average Bonchev–Trinajstić information content (AvgIpc) is 1.00. The minimum atomic E-state index is 0. The van der Waals surface area contributed by atoms with Crippen molar-refractivity contribution in [1.29, 1.82) is 0 Å². The first kappa shape index (κ1) is 19.0. The summed E-state index contributed by atoms with van der Waals surface area (Å²) >= 11 is 0. The van der Waals surface area contributed by atoms with Crippen molar-refractivity contribution in [2.24, 2.45) is 0 Å². The van der Waals surface area contributed by atoms with Crippen LogP contribution in [0.15, 0.2) is 0 Å². The van der Waals surface area contributed by atoms with Gasteiger partial charge in [0.05, 0.1) is 0 Å². The maximum atomic E-state index is 6.00. The van der Waals surface area contributed by atoms with Gasteiger partial charge in [-0.05, 0) is 0 Å². The van der Waals surface area contributed by atoms with Crippen molar-refractivity contribution >= 4 is 23.1 Å². The van der Waals surface area contributed by atoms with Gasteiger partial charge >= 0.3 is 23.1 Å². The molecule has 0 saturated heterocycles. The molecule has 0 aliphatic heterocycles.